The van der Waals surface area contributed by atoms with Gasteiger partial charge in [0.2, 0.25) is 0 Å². The molecule has 0 saturated carbocycles. The molecule has 1 aromatic carbocycles. The maximum atomic E-state index is 12.4. The third-order valence-electron chi connectivity index (χ3n) is 6.40. The molecule has 4 rings (SSSR count). The number of aliphatic hydroxyl groups is 1. The minimum atomic E-state index is -0.928. The number of hydrogen-bond acceptors (Lipinski definition) is 5. The average molecular weight is 392 g/mol. The Bertz CT molecular complexity index is 982. The molecule has 5 heteroatoms. The van der Waals surface area contributed by atoms with Crippen molar-refractivity contribution in [3.8, 4) is 0 Å². The molecule has 1 aliphatic heterocycles. The zero-order chi connectivity index (χ0) is 20.8. The molecular formula is C24H24O5. The van der Waals surface area contributed by atoms with Crippen LogP contribution in [-0.4, -0.2) is 29.3 Å². The monoisotopic (exact) mass is 392 g/mol. The summed E-state index contributed by atoms with van der Waals surface area (Å²) >= 11 is 0. The Morgan fingerprint density at radius 1 is 1.31 bits per heavy atom. The number of esters is 2. The number of hydrogen-bond donors (Lipinski definition) is 1. The molecule has 0 unspecified atom stereocenters. The molecule has 0 spiro atoms. The van der Waals surface area contributed by atoms with E-state index in [0.717, 1.165) is 16.7 Å². The summed E-state index contributed by atoms with van der Waals surface area (Å²) in [6.45, 7) is 5.82. The highest BCUT2D eigenvalue weighted by molar-refractivity contribution is 5.94. The summed E-state index contributed by atoms with van der Waals surface area (Å²) in [6.07, 6.45) is 5.62. The highest BCUT2D eigenvalue weighted by Gasteiger charge is 2.50. The van der Waals surface area contributed by atoms with Crippen molar-refractivity contribution in [1.82, 2.24) is 0 Å². The quantitative estimate of drug-likeness (QED) is 0.627. The molecule has 1 heterocycles. The van der Waals surface area contributed by atoms with Crippen molar-refractivity contribution in [2.75, 3.05) is 0 Å². The van der Waals surface area contributed by atoms with E-state index >= 15 is 0 Å². The molecule has 0 bridgehead atoms. The van der Waals surface area contributed by atoms with Gasteiger partial charge in [-0.15, -0.1) is 0 Å². The Hall–Kier alpha value is -2.92. The van der Waals surface area contributed by atoms with Crippen LogP contribution in [0.25, 0.3) is 6.08 Å². The fourth-order valence-corrected chi connectivity index (χ4v) is 4.33. The van der Waals surface area contributed by atoms with Crippen molar-refractivity contribution >= 4 is 18.0 Å². The standard InChI is InChI=1S/C24H24O5/c1-14-18-13-24(3)15(2)22(19(25)11-17(24)12-20(18)28-23(14)27)29-21(26)10-9-16-7-5-4-6-8-16/h4-12,15,19,22,25H,13H2,1-3H3/b10-9+/t15-,19-,22+,24+/m0/s1. The van der Waals surface area contributed by atoms with Gasteiger partial charge in [0.05, 0.1) is 0 Å². The normalized spacial score (nSPS) is 31.0. The van der Waals surface area contributed by atoms with E-state index in [1.54, 1.807) is 19.1 Å². The molecule has 4 atom stereocenters. The molecule has 0 amide bonds. The SMILES string of the molecule is CC1=C2C[C@@]3(C)C(=C[C@H](O)[C@H](OC(=O)/C=C/c4ccccc4)[C@@H]3C)C=C2OC1=O. The Morgan fingerprint density at radius 3 is 2.76 bits per heavy atom. The van der Waals surface area contributed by atoms with Crippen LogP contribution in [0.15, 0.2) is 71.0 Å². The van der Waals surface area contributed by atoms with Crippen LogP contribution in [0.3, 0.4) is 0 Å². The second kappa shape index (κ2) is 7.16. The summed E-state index contributed by atoms with van der Waals surface area (Å²) in [6, 6.07) is 9.48. The maximum absolute atomic E-state index is 12.4. The van der Waals surface area contributed by atoms with Crippen LogP contribution in [0, 0.1) is 11.3 Å². The lowest BCUT2D eigenvalue weighted by Crippen LogP contribution is -2.48. The van der Waals surface area contributed by atoms with Crippen LogP contribution in [0.5, 0.6) is 0 Å². The molecule has 150 valence electrons. The lowest BCUT2D eigenvalue weighted by atomic mass is 9.60. The molecular weight excluding hydrogens is 368 g/mol. The highest BCUT2D eigenvalue weighted by atomic mass is 16.6. The Morgan fingerprint density at radius 2 is 2.03 bits per heavy atom. The summed E-state index contributed by atoms with van der Waals surface area (Å²) < 4.78 is 11.0. The number of rotatable bonds is 3. The van der Waals surface area contributed by atoms with Gasteiger partial charge < -0.3 is 14.6 Å². The smallest absolute Gasteiger partial charge is 0.339 e. The number of fused-ring (bicyclic) bond motifs is 2. The first kappa shape index (κ1) is 19.4. The molecule has 0 radical (unpaired) electrons. The van der Waals surface area contributed by atoms with E-state index in [4.69, 9.17) is 9.47 Å². The van der Waals surface area contributed by atoms with Gasteiger partial charge in [-0.25, -0.2) is 9.59 Å². The third kappa shape index (κ3) is 3.36. The molecule has 3 aliphatic rings. The molecule has 0 fully saturated rings. The van der Waals surface area contributed by atoms with Crippen molar-refractivity contribution < 1.29 is 24.2 Å². The van der Waals surface area contributed by atoms with Crippen molar-refractivity contribution in [1.29, 1.82) is 0 Å². The number of carbonyl (C=O) groups excluding carboxylic acids is 2. The lowest BCUT2D eigenvalue weighted by molar-refractivity contribution is -0.155. The molecule has 1 N–H and O–H groups in total. The molecule has 5 nitrogen and oxygen atoms in total. The second-order valence-electron chi connectivity index (χ2n) is 8.14. The lowest BCUT2D eigenvalue weighted by Gasteiger charge is -2.47. The second-order valence-corrected chi connectivity index (χ2v) is 8.14. The molecule has 2 aliphatic carbocycles. The predicted molar refractivity (Wildman–Crippen MR) is 108 cm³/mol. The number of benzene rings is 1. The van der Waals surface area contributed by atoms with Gasteiger partial charge in [0.1, 0.15) is 18.0 Å². The largest absolute Gasteiger partial charge is 0.456 e. The van der Waals surface area contributed by atoms with E-state index in [-0.39, 0.29) is 17.3 Å². The third-order valence-corrected chi connectivity index (χ3v) is 6.40. The van der Waals surface area contributed by atoms with Crippen LogP contribution in [-0.2, 0) is 19.1 Å². The zero-order valence-electron chi connectivity index (χ0n) is 16.7. The minimum absolute atomic E-state index is 0.152. The first-order valence-electron chi connectivity index (χ1n) is 9.78. The van der Waals surface area contributed by atoms with E-state index in [9.17, 15) is 14.7 Å². The first-order valence-corrected chi connectivity index (χ1v) is 9.78. The van der Waals surface area contributed by atoms with Crippen molar-refractivity contribution in [2.24, 2.45) is 11.3 Å². The summed E-state index contributed by atoms with van der Waals surface area (Å²) in [5, 5.41) is 10.6. The van der Waals surface area contributed by atoms with Gasteiger partial charge in [-0.2, -0.15) is 0 Å². The number of carbonyl (C=O) groups is 2. The summed E-state index contributed by atoms with van der Waals surface area (Å²) in [4.78, 5) is 24.3. The van der Waals surface area contributed by atoms with Crippen LogP contribution < -0.4 is 0 Å². The van der Waals surface area contributed by atoms with E-state index in [1.165, 1.54) is 6.08 Å². The van der Waals surface area contributed by atoms with Crippen LogP contribution in [0.4, 0.5) is 0 Å². The van der Waals surface area contributed by atoms with E-state index in [2.05, 4.69) is 6.92 Å². The summed E-state index contributed by atoms with van der Waals surface area (Å²) in [5.41, 5.74) is 2.95. The minimum Gasteiger partial charge on any atom is -0.456 e. The van der Waals surface area contributed by atoms with Gasteiger partial charge in [0.15, 0.2) is 0 Å². The van der Waals surface area contributed by atoms with Crippen molar-refractivity contribution in [2.45, 2.75) is 39.4 Å². The van der Waals surface area contributed by atoms with Crippen LogP contribution >= 0.6 is 0 Å². The molecule has 29 heavy (non-hydrogen) atoms. The van der Waals surface area contributed by atoms with Crippen LogP contribution in [0.2, 0.25) is 0 Å². The van der Waals surface area contributed by atoms with Gasteiger partial charge in [-0.05, 0) is 42.7 Å². The fraction of sp³-hybridized carbons (Fsp3) is 0.333. The van der Waals surface area contributed by atoms with Gasteiger partial charge in [0.25, 0.3) is 0 Å². The number of allylic oxidation sites excluding steroid dienone is 3. The molecule has 0 saturated heterocycles. The van der Waals surface area contributed by atoms with Crippen LogP contribution in [0.1, 0.15) is 32.8 Å². The summed E-state index contributed by atoms with van der Waals surface area (Å²) in [5.74, 6) is -0.402. The Balaban J connectivity index is 1.57. The first-order chi connectivity index (χ1) is 13.8. The number of aliphatic hydroxyl groups excluding tert-OH is 1. The van der Waals surface area contributed by atoms with E-state index in [1.807, 2.05) is 43.3 Å². The maximum Gasteiger partial charge on any atom is 0.339 e. The Labute approximate surface area is 170 Å². The highest BCUT2D eigenvalue weighted by Crippen LogP contribution is 2.53. The van der Waals surface area contributed by atoms with Gasteiger partial charge in [-0.3, -0.25) is 0 Å². The van der Waals surface area contributed by atoms with Gasteiger partial charge >= 0.3 is 11.9 Å². The van der Waals surface area contributed by atoms with E-state index < -0.39 is 18.2 Å². The van der Waals surface area contributed by atoms with Crippen molar-refractivity contribution in [3.63, 3.8) is 0 Å². The topological polar surface area (TPSA) is 72.8 Å². The number of ether oxygens (including phenoxy) is 2. The van der Waals surface area contributed by atoms with E-state index in [0.29, 0.717) is 17.8 Å². The predicted octanol–water partition coefficient (Wildman–Crippen LogP) is 3.72. The molecule has 1 aromatic rings. The molecule has 0 aromatic heterocycles. The van der Waals surface area contributed by atoms with Gasteiger partial charge in [0, 0.05) is 28.6 Å². The zero-order valence-corrected chi connectivity index (χ0v) is 16.7. The Kier molecular flexibility index (Phi) is 4.79. The fourth-order valence-electron chi connectivity index (χ4n) is 4.33. The van der Waals surface area contributed by atoms with Crippen molar-refractivity contribution in [3.05, 3.63) is 76.6 Å². The van der Waals surface area contributed by atoms with Gasteiger partial charge in [-0.1, -0.05) is 44.2 Å². The average Bonchev–Trinajstić information content (AvgIpc) is 2.97. The summed E-state index contributed by atoms with van der Waals surface area (Å²) in [7, 11) is 0.